The Labute approximate surface area is 160 Å². The molecule has 0 N–H and O–H groups in total. The van der Waals surface area contributed by atoms with Crippen LogP contribution in [0.15, 0.2) is 63.1 Å². The fraction of sp³-hybridized carbons (Fsp3) is 0.176. The van der Waals surface area contributed by atoms with Crippen LogP contribution in [0.4, 0.5) is 13.2 Å². The van der Waals surface area contributed by atoms with E-state index in [2.05, 4.69) is 20.3 Å². The smallest absolute Gasteiger partial charge is 0.416 e. The number of rotatable bonds is 6. The Balaban J connectivity index is 1.41. The second-order valence-electron chi connectivity index (χ2n) is 5.70. The van der Waals surface area contributed by atoms with Gasteiger partial charge in [0.25, 0.3) is 0 Å². The zero-order chi connectivity index (χ0) is 19.6. The summed E-state index contributed by atoms with van der Waals surface area (Å²) in [5.41, 5.74) is -0.291. The Morgan fingerprint density at radius 2 is 1.93 bits per heavy atom. The molecule has 0 fully saturated rings. The van der Waals surface area contributed by atoms with Gasteiger partial charge in [0.2, 0.25) is 11.7 Å². The van der Waals surface area contributed by atoms with Gasteiger partial charge in [-0.25, -0.2) is 0 Å². The first-order chi connectivity index (χ1) is 13.5. The van der Waals surface area contributed by atoms with Gasteiger partial charge in [-0.05, 0) is 24.3 Å². The predicted octanol–water partition coefficient (Wildman–Crippen LogP) is 4.28. The van der Waals surface area contributed by atoms with Gasteiger partial charge in [0.1, 0.15) is 12.1 Å². The molecule has 0 aliphatic heterocycles. The Kier molecular flexibility index (Phi) is 4.90. The van der Waals surface area contributed by atoms with E-state index in [-0.39, 0.29) is 5.82 Å². The number of nitrogens with zero attached hydrogens (tertiary/aromatic N) is 5. The molecule has 0 saturated heterocycles. The lowest BCUT2D eigenvalue weighted by molar-refractivity contribution is -0.137. The van der Waals surface area contributed by atoms with E-state index in [1.54, 1.807) is 18.7 Å². The molecular weight excluding hydrogens is 395 g/mol. The summed E-state index contributed by atoms with van der Waals surface area (Å²) in [6.45, 7) is 0.489. The van der Waals surface area contributed by atoms with Crippen LogP contribution in [0, 0.1) is 0 Å². The molecule has 0 aliphatic carbocycles. The largest absolute Gasteiger partial charge is 0.467 e. The van der Waals surface area contributed by atoms with E-state index in [1.807, 2.05) is 10.6 Å². The van der Waals surface area contributed by atoms with Crippen LogP contribution in [0.3, 0.4) is 0 Å². The minimum Gasteiger partial charge on any atom is -0.467 e. The Bertz CT molecular complexity index is 1040. The second-order valence-corrected chi connectivity index (χ2v) is 6.64. The van der Waals surface area contributed by atoms with Crippen molar-refractivity contribution in [3.05, 3.63) is 66.2 Å². The summed E-state index contributed by atoms with van der Waals surface area (Å²) in [6.07, 6.45) is -1.21. The first-order valence-electron chi connectivity index (χ1n) is 8.02. The number of hydrogen-bond acceptors (Lipinski definition) is 7. The molecule has 144 valence electrons. The van der Waals surface area contributed by atoms with Crippen LogP contribution in [0.2, 0.25) is 0 Å². The molecule has 0 atom stereocenters. The van der Waals surface area contributed by atoms with Crippen LogP contribution in [0.25, 0.3) is 11.4 Å². The van der Waals surface area contributed by atoms with Crippen LogP contribution in [-0.2, 0) is 18.5 Å². The average Bonchev–Trinajstić information content (AvgIpc) is 3.42. The van der Waals surface area contributed by atoms with Gasteiger partial charge in [-0.3, -0.25) is 0 Å². The molecule has 0 radical (unpaired) electrons. The van der Waals surface area contributed by atoms with Crippen molar-refractivity contribution in [2.24, 2.45) is 0 Å². The third-order valence-electron chi connectivity index (χ3n) is 3.75. The van der Waals surface area contributed by atoms with Gasteiger partial charge in [-0.15, -0.1) is 10.2 Å². The van der Waals surface area contributed by atoms with Crippen molar-refractivity contribution in [1.29, 1.82) is 0 Å². The van der Waals surface area contributed by atoms with Crippen molar-refractivity contribution >= 4 is 11.8 Å². The van der Waals surface area contributed by atoms with E-state index in [9.17, 15) is 13.2 Å². The second kappa shape index (κ2) is 7.50. The highest BCUT2D eigenvalue weighted by Crippen LogP contribution is 2.30. The topological polar surface area (TPSA) is 82.8 Å². The molecule has 7 nitrogen and oxygen atoms in total. The van der Waals surface area contributed by atoms with Gasteiger partial charge >= 0.3 is 6.18 Å². The summed E-state index contributed by atoms with van der Waals surface area (Å²) in [7, 11) is 0. The Hall–Kier alpha value is -3.08. The quantitative estimate of drug-likeness (QED) is 0.441. The first kappa shape index (κ1) is 18.3. The summed E-state index contributed by atoms with van der Waals surface area (Å²) < 4.78 is 50.2. The molecule has 0 spiro atoms. The van der Waals surface area contributed by atoms with E-state index in [0.29, 0.717) is 28.9 Å². The third kappa shape index (κ3) is 4.09. The Morgan fingerprint density at radius 3 is 2.64 bits per heavy atom. The van der Waals surface area contributed by atoms with Crippen LogP contribution >= 0.6 is 11.8 Å². The minimum absolute atomic E-state index is 0.223. The number of aromatic nitrogens is 5. The maximum atomic E-state index is 12.6. The molecule has 0 amide bonds. The van der Waals surface area contributed by atoms with Gasteiger partial charge in [-0.1, -0.05) is 29.1 Å². The maximum Gasteiger partial charge on any atom is 0.416 e. The zero-order valence-electron chi connectivity index (χ0n) is 14.1. The lowest BCUT2D eigenvalue weighted by Gasteiger charge is -2.05. The highest BCUT2D eigenvalue weighted by Gasteiger charge is 2.30. The normalized spacial score (nSPS) is 11.8. The summed E-state index contributed by atoms with van der Waals surface area (Å²) in [5, 5.41) is 12.4. The number of halogens is 3. The van der Waals surface area contributed by atoms with Crippen LogP contribution in [0.1, 0.15) is 17.2 Å². The van der Waals surface area contributed by atoms with Gasteiger partial charge < -0.3 is 13.5 Å². The number of hydrogen-bond donors (Lipinski definition) is 0. The molecule has 28 heavy (non-hydrogen) atoms. The lowest BCUT2D eigenvalue weighted by atomic mass is 10.1. The highest BCUT2D eigenvalue weighted by molar-refractivity contribution is 7.98. The van der Waals surface area contributed by atoms with Gasteiger partial charge in [-0.2, -0.15) is 18.2 Å². The Morgan fingerprint density at radius 1 is 1.11 bits per heavy atom. The highest BCUT2D eigenvalue weighted by atomic mass is 32.2. The molecule has 3 heterocycles. The average molecular weight is 407 g/mol. The molecule has 4 rings (SSSR count). The number of thioether (sulfide) groups is 1. The molecule has 0 unspecified atom stereocenters. The van der Waals surface area contributed by atoms with E-state index in [4.69, 9.17) is 8.94 Å². The summed E-state index contributed by atoms with van der Waals surface area (Å²) in [5.74, 6) is 1.66. The number of alkyl halides is 3. The van der Waals surface area contributed by atoms with E-state index < -0.39 is 11.7 Å². The van der Waals surface area contributed by atoms with Crippen LogP contribution in [-0.4, -0.2) is 24.9 Å². The molecule has 11 heteroatoms. The fourth-order valence-electron chi connectivity index (χ4n) is 2.40. The lowest BCUT2D eigenvalue weighted by Crippen LogP contribution is -2.04. The molecule has 0 saturated carbocycles. The number of benzene rings is 1. The van der Waals surface area contributed by atoms with Crippen molar-refractivity contribution in [3.8, 4) is 11.4 Å². The van der Waals surface area contributed by atoms with Crippen molar-refractivity contribution in [3.63, 3.8) is 0 Å². The van der Waals surface area contributed by atoms with Crippen molar-refractivity contribution in [2.75, 3.05) is 0 Å². The van der Waals surface area contributed by atoms with E-state index >= 15 is 0 Å². The standard InChI is InChI=1S/C17H12F3N5O2S/c18-17(19,20)12-5-3-11(4-6-12)15-22-14(27-24-15)9-28-16-23-21-10-25(16)8-13-2-1-7-26-13/h1-7,10H,8-9H2. The molecule has 0 bridgehead atoms. The van der Waals surface area contributed by atoms with Gasteiger partial charge in [0, 0.05) is 5.56 Å². The summed E-state index contributed by atoms with van der Waals surface area (Å²) >= 11 is 1.35. The minimum atomic E-state index is -4.39. The molecule has 4 aromatic rings. The maximum absolute atomic E-state index is 12.6. The fourth-order valence-corrected chi connectivity index (χ4v) is 3.15. The first-order valence-corrected chi connectivity index (χ1v) is 9.01. The van der Waals surface area contributed by atoms with E-state index in [0.717, 1.165) is 17.9 Å². The number of furan rings is 1. The van der Waals surface area contributed by atoms with Gasteiger partial charge in [0.05, 0.1) is 24.1 Å². The van der Waals surface area contributed by atoms with Crippen LogP contribution in [0.5, 0.6) is 0 Å². The predicted molar refractivity (Wildman–Crippen MR) is 92.1 cm³/mol. The van der Waals surface area contributed by atoms with E-state index in [1.165, 1.54) is 23.9 Å². The summed E-state index contributed by atoms with van der Waals surface area (Å²) in [4.78, 5) is 4.22. The molecule has 1 aromatic carbocycles. The third-order valence-corrected chi connectivity index (χ3v) is 4.72. The van der Waals surface area contributed by atoms with Gasteiger partial charge in [0.15, 0.2) is 5.16 Å². The van der Waals surface area contributed by atoms with Crippen molar-refractivity contribution < 1.29 is 22.1 Å². The monoisotopic (exact) mass is 407 g/mol. The SMILES string of the molecule is FC(F)(F)c1ccc(-c2noc(CSc3nncn3Cc3ccco3)n2)cc1. The molecule has 0 aliphatic rings. The molecular formula is C17H12F3N5O2S. The summed E-state index contributed by atoms with van der Waals surface area (Å²) in [6, 6.07) is 8.24. The van der Waals surface area contributed by atoms with Crippen molar-refractivity contribution in [1.82, 2.24) is 24.9 Å². The zero-order valence-corrected chi connectivity index (χ0v) is 14.9. The van der Waals surface area contributed by atoms with Crippen molar-refractivity contribution in [2.45, 2.75) is 23.6 Å². The molecule has 3 aromatic heterocycles. The van der Waals surface area contributed by atoms with Crippen LogP contribution < -0.4 is 0 Å².